The molecule has 3 aliphatic carbocycles. The van der Waals surface area contributed by atoms with Crippen molar-refractivity contribution in [2.24, 2.45) is 29.4 Å². The number of carbonyl (C=O) groups excluding carboxylic acids is 6. The number of nitrogens with zero attached hydrogens (tertiary/aromatic N) is 1. The van der Waals surface area contributed by atoms with Gasteiger partial charge < -0.3 is 20.8 Å². The highest BCUT2D eigenvalue weighted by molar-refractivity contribution is 6.31. The molecule has 10 heteroatoms. The number of fused-ring (bicyclic) bond motifs is 3. The van der Waals surface area contributed by atoms with Gasteiger partial charge in [0.15, 0.2) is 34.7 Å². The number of carbonyl (C=O) groups is 6. The molecule has 4 N–H and O–H groups in total. The molecule has 0 spiro atoms. The number of amides is 1. The van der Waals surface area contributed by atoms with Crippen LogP contribution >= 0.6 is 0 Å². The number of ketones is 5. The van der Waals surface area contributed by atoms with E-state index in [1.807, 2.05) is 0 Å². The third-order valence-electron chi connectivity index (χ3n) is 8.55. The number of aromatic hydroxyl groups is 1. The smallest absolute Gasteiger partial charge is 0.235 e. The highest BCUT2D eigenvalue weighted by atomic mass is 16.3. The number of nitrogens with two attached hydrogens (primary N) is 1. The Balaban J connectivity index is 1.64. The van der Waals surface area contributed by atoms with Gasteiger partial charge in [0, 0.05) is 44.1 Å². The minimum atomic E-state index is -2.69. The zero-order chi connectivity index (χ0) is 29.3. The van der Waals surface area contributed by atoms with E-state index in [9.17, 15) is 39.0 Å². The Morgan fingerprint density at radius 2 is 1.77 bits per heavy atom. The number of phenolic OH excluding ortho intramolecular Hbond substituents is 1. The number of anilines is 1. The lowest BCUT2D eigenvalue weighted by atomic mass is 9.53. The van der Waals surface area contributed by atoms with Crippen LogP contribution in [0.4, 0.5) is 5.69 Å². The molecule has 0 radical (unpaired) electrons. The van der Waals surface area contributed by atoms with E-state index in [-0.39, 0.29) is 42.8 Å². The lowest BCUT2D eigenvalue weighted by Crippen LogP contribution is -2.68. The summed E-state index contributed by atoms with van der Waals surface area (Å²) in [6.07, 6.45) is 0.0357. The largest absolute Gasteiger partial charge is 0.507 e. The summed E-state index contributed by atoms with van der Waals surface area (Å²) in [6, 6.07) is 8.76. The molecular weight excluding hydrogens is 516 g/mol. The second-order valence-corrected chi connectivity index (χ2v) is 11.4. The third-order valence-corrected chi connectivity index (χ3v) is 8.55. The van der Waals surface area contributed by atoms with Crippen molar-refractivity contribution in [3.63, 3.8) is 0 Å². The van der Waals surface area contributed by atoms with Gasteiger partial charge in [-0.3, -0.25) is 28.8 Å². The molecule has 2 aromatic carbocycles. The molecular formula is C30H30N2O8. The number of primary amides is 1. The van der Waals surface area contributed by atoms with Crippen molar-refractivity contribution in [2.75, 3.05) is 19.0 Å². The van der Waals surface area contributed by atoms with Crippen molar-refractivity contribution in [2.45, 2.75) is 38.2 Å². The molecule has 5 atom stereocenters. The third kappa shape index (κ3) is 3.97. The van der Waals surface area contributed by atoms with Gasteiger partial charge in [-0.25, -0.2) is 0 Å². The van der Waals surface area contributed by atoms with E-state index in [1.165, 1.54) is 6.92 Å². The molecule has 10 nitrogen and oxygen atoms in total. The summed E-state index contributed by atoms with van der Waals surface area (Å²) in [4.78, 5) is 78.8. The van der Waals surface area contributed by atoms with Gasteiger partial charge in [0.05, 0.1) is 11.5 Å². The fourth-order valence-electron chi connectivity index (χ4n) is 6.77. The molecule has 208 valence electrons. The van der Waals surface area contributed by atoms with Crippen LogP contribution < -0.4 is 10.6 Å². The van der Waals surface area contributed by atoms with Crippen LogP contribution in [0.5, 0.6) is 5.75 Å². The molecule has 0 aliphatic heterocycles. The monoisotopic (exact) mass is 546 g/mol. The number of Topliss-reactive ketones (excluding diaryl/α,β-unsaturated/α-hetero) is 5. The molecule has 1 amide bonds. The van der Waals surface area contributed by atoms with Gasteiger partial charge in [0.2, 0.25) is 5.91 Å². The summed E-state index contributed by atoms with van der Waals surface area (Å²) in [6.45, 7) is 1.47. The van der Waals surface area contributed by atoms with Gasteiger partial charge in [-0.2, -0.15) is 0 Å². The predicted octanol–water partition coefficient (Wildman–Crippen LogP) is 1.19. The minimum absolute atomic E-state index is 0.0313. The Hall–Kier alpha value is -4.18. The van der Waals surface area contributed by atoms with Crippen molar-refractivity contribution in [3.8, 4) is 16.9 Å². The summed E-state index contributed by atoms with van der Waals surface area (Å²) < 4.78 is 0. The maximum absolute atomic E-state index is 14.0. The van der Waals surface area contributed by atoms with Crippen LogP contribution in [0, 0.1) is 23.7 Å². The summed E-state index contributed by atoms with van der Waals surface area (Å²) in [5.41, 5.74) is 5.27. The summed E-state index contributed by atoms with van der Waals surface area (Å²) in [7, 11) is 3.57. The van der Waals surface area contributed by atoms with Crippen molar-refractivity contribution in [1.82, 2.24) is 0 Å². The van der Waals surface area contributed by atoms with Crippen LogP contribution in [0.3, 0.4) is 0 Å². The van der Waals surface area contributed by atoms with E-state index in [4.69, 9.17) is 5.73 Å². The summed E-state index contributed by atoms with van der Waals surface area (Å²) in [5.74, 6) is -10.5. The number of hydrogen-bond donors (Lipinski definition) is 3. The van der Waals surface area contributed by atoms with Gasteiger partial charge in [0.1, 0.15) is 11.5 Å². The van der Waals surface area contributed by atoms with Gasteiger partial charge in [-0.05, 0) is 48.4 Å². The molecule has 3 aliphatic rings. The summed E-state index contributed by atoms with van der Waals surface area (Å²) >= 11 is 0. The average Bonchev–Trinajstić information content (AvgIpc) is 2.85. The number of aliphatic hydroxyl groups is 1. The quantitative estimate of drug-likeness (QED) is 0.466. The molecule has 2 aromatic rings. The average molecular weight is 547 g/mol. The number of rotatable bonds is 5. The summed E-state index contributed by atoms with van der Waals surface area (Å²) in [5, 5.41) is 22.9. The number of phenols is 1. The van der Waals surface area contributed by atoms with E-state index in [2.05, 4.69) is 0 Å². The molecule has 2 unspecified atom stereocenters. The van der Waals surface area contributed by atoms with Crippen LogP contribution in [0.15, 0.2) is 30.3 Å². The van der Waals surface area contributed by atoms with Crippen LogP contribution in [0.2, 0.25) is 0 Å². The topological polar surface area (TPSA) is 172 Å². The number of benzene rings is 2. The molecule has 0 aromatic heterocycles. The highest BCUT2D eigenvalue weighted by Crippen LogP contribution is 2.52. The van der Waals surface area contributed by atoms with Gasteiger partial charge in [0.25, 0.3) is 0 Å². The first-order valence-corrected chi connectivity index (χ1v) is 13.1. The van der Waals surface area contributed by atoms with Crippen LogP contribution in [0.1, 0.15) is 41.3 Å². The molecule has 0 bridgehead atoms. The fourth-order valence-corrected chi connectivity index (χ4v) is 6.77. The second kappa shape index (κ2) is 9.48. The van der Waals surface area contributed by atoms with E-state index in [0.717, 1.165) is 5.56 Å². The van der Waals surface area contributed by atoms with Crippen molar-refractivity contribution in [1.29, 1.82) is 0 Å². The van der Waals surface area contributed by atoms with E-state index < -0.39 is 58.3 Å². The van der Waals surface area contributed by atoms with Gasteiger partial charge in [-0.15, -0.1) is 0 Å². The normalized spacial score (nSPS) is 27.5. The van der Waals surface area contributed by atoms with E-state index in [0.29, 0.717) is 22.4 Å². The molecule has 5 rings (SSSR count). The lowest BCUT2D eigenvalue weighted by Gasteiger charge is -2.48. The Morgan fingerprint density at radius 3 is 2.40 bits per heavy atom. The standard InChI is InChI=1S/C30H30N2O8/c1-13(33)7-14-5-4-6-15(8-14)18-12-20(32(2)3)19-10-16-9-17-11-21(34)24(29(31)39)28(38)30(17,40)27(37)22(16)26(36)23(19)25(18)35/h4-6,8,12,16-17,22,24,35,40H,7,9-11H2,1-3H3,(H2,31,39)/t16-,17+,22?,24?,30+/m1/s1. The predicted molar refractivity (Wildman–Crippen MR) is 143 cm³/mol. The van der Waals surface area contributed by atoms with Crippen LogP contribution in [0.25, 0.3) is 11.1 Å². The first kappa shape index (κ1) is 27.4. The maximum Gasteiger partial charge on any atom is 0.235 e. The molecule has 0 heterocycles. The Morgan fingerprint density at radius 1 is 1.07 bits per heavy atom. The fraction of sp³-hybridized carbons (Fsp3) is 0.400. The SMILES string of the molecule is CC(=O)Cc1cccc(-c2cc(N(C)C)c3c(c2O)C(=O)C2C(=O)[C@]4(O)C(=O)C(C(N)=O)C(=O)C[C@@H]4C[C@@H]2C3)c1. The second-order valence-electron chi connectivity index (χ2n) is 11.4. The van der Waals surface area contributed by atoms with Crippen LogP contribution in [-0.2, 0) is 36.8 Å². The van der Waals surface area contributed by atoms with Gasteiger partial charge in [-0.1, -0.05) is 24.3 Å². The zero-order valence-corrected chi connectivity index (χ0v) is 22.4. The highest BCUT2D eigenvalue weighted by Gasteiger charge is 2.66. The van der Waals surface area contributed by atoms with Crippen molar-refractivity contribution < 1.29 is 39.0 Å². The lowest BCUT2D eigenvalue weighted by molar-refractivity contribution is -0.175. The minimum Gasteiger partial charge on any atom is -0.507 e. The first-order chi connectivity index (χ1) is 18.8. The molecule has 2 saturated carbocycles. The van der Waals surface area contributed by atoms with Crippen molar-refractivity contribution >= 4 is 40.5 Å². The van der Waals surface area contributed by atoms with E-state index in [1.54, 1.807) is 49.3 Å². The molecule has 2 fully saturated rings. The number of hydrogen-bond acceptors (Lipinski definition) is 9. The first-order valence-electron chi connectivity index (χ1n) is 13.1. The van der Waals surface area contributed by atoms with E-state index >= 15 is 0 Å². The van der Waals surface area contributed by atoms with Crippen LogP contribution in [-0.4, -0.2) is 64.7 Å². The van der Waals surface area contributed by atoms with Gasteiger partial charge >= 0.3 is 0 Å². The molecule has 40 heavy (non-hydrogen) atoms. The maximum atomic E-state index is 14.0. The Kier molecular flexibility index (Phi) is 6.49. The zero-order valence-electron chi connectivity index (χ0n) is 22.4. The molecule has 0 saturated heterocycles. The Labute approximate surface area is 230 Å². The Bertz CT molecular complexity index is 1530. The van der Waals surface area contributed by atoms with Crippen molar-refractivity contribution in [3.05, 3.63) is 47.0 Å².